The fourth-order valence-electron chi connectivity index (χ4n) is 5.19. The molecule has 3 aliphatic rings. The Labute approximate surface area is 246 Å². The van der Waals surface area contributed by atoms with Gasteiger partial charge in [-0.15, -0.1) is 0 Å². The van der Waals surface area contributed by atoms with Crippen LogP contribution in [0.3, 0.4) is 0 Å². The highest BCUT2D eigenvalue weighted by Crippen LogP contribution is 2.31. The number of hydrogen-bond donors (Lipinski definition) is 6. The molecule has 0 radical (unpaired) electrons. The van der Waals surface area contributed by atoms with E-state index in [4.69, 9.17) is 11.5 Å². The van der Waals surface area contributed by atoms with Gasteiger partial charge in [0, 0.05) is 87.6 Å². The number of rotatable bonds is 10. The molecular formula is C30H40N10O2. The van der Waals surface area contributed by atoms with Crippen molar-refractivity contribution in [2.24, 2.45) is 16.5 Å². The predicted molar refractivity (Wildman–Crippen MR) is 167 cm³/mol. The molecule has 8 N–H and O–H groups in total. The minimum Gasteiger partial charge on any atom is -0.370 e. The summed E-state index contributed by atoms with van der Waals surface area (Å²) in [5, 5.41) is 13.2. The molecule has 12 heteroatoms. The normalized spacial score (nSPS) is 18.0. The van der Waals surface area contributed by atoms with Crippen molar-refractivity contribution >= 4 is 35.0 Å². The Kier molecular flexibility index (Phi) is 8.94. The third kappa shape index (κ3) is 6.84. The number of urea groups is 1. The summed E-state index contributed by atoms with van der Waals surface area (Å²) in [6, 6.07) is 13.7. The van der Waals surface area contributed by atoms with Crippen LogP contribution in [0.15, 0.2) is 65.3 Å². The van der Waals surface area contributed by atoms with Gasteiger partial charge in [-0.05, 0) is 54.9 Å². The van der Waals surface area contributed by atoms with Crippen LogP contribution in [-0.4, -0.2) is 82.3 Å². The Balaban J connectivity index is 1.31. The van der Waals surface area contributed by atoms with Crippen LogP contribution < -0.4 is 42.5 Å². The Bertz CT molecular complexity index is 1390. The van der Waals surface area contributed by atoms with Crippen molar-refractivity contribution in [2.75, 3.05) is 63.2 Å². The molecule has 1 atom stereocenters. The summed E-state index contributed by atoms with van der Waals surface area (Å²) in [4.78, 5) is 35.5. The van der Waals surface area contributed by atoms with E-state index in [1.54, 1.807) is 23.9 Å². The van der Waals surface area contributed by atoms with Crippen molar-refractivity contribution in [2.45, 2.75) is 19.1 Å². The lowest BCUT2D eigenvalue weighted by atomic mass is 10.0. The number of nitrogens with zero attached hydrogens (tertiary/aromatic N) is 4. The SMILES string of the molecule is CN(C)C(=O)c1cc(C2=CC3=CN(c4ccc(CNCCCN=C(N)N)cc4)C(=O)NC3N2)cc(N2CCNCC2)c1. The van der Waals surface area contributed by atoms with E-state index in [-0.39, 0.29) is 24.1 Å². The molecule has 5 rings (SSSR count). The first-order valence-electron chi connectivity index (χ1n) is 14.3. The second-order valence-corrected chi connectivity index (χ2v) is 10.8. The fraction of sp³-hybridized carbons (Fsp3) is 0.367. The quantitative estimate of drug-likeness (QED) is 0.140. The van der Waals surface area contributed by atoms with E-state index < -0.39 is 0 Å². The Morgan fingerprint density at radius 2 is 1.83 bits per heavy atom. The number of anilines is 2. The summed E-state index contributed by atoms with van der Waals surface area (Å²) in [5.41, 5.74) is 16.9. The molecule has 0 saturated carbocycles. The Morgan fingerprint density at radius 1 is 1.07 bits per heavy atom. The smallest absolute Gasteiger partial charge is 0.327 e. The molecule has 42 heavy (non-hydrogen) atoms. The number of hydrogen-bond acceptors (Lipinski definition) is 7. The molecule has 0 spiro atoms. The molecule has 0 bridgehead atoms. The summed E-state index contributed by atoms with van der Waals surface area (Å²) in [7, 11) is 3.52. The first kappa shape index (κ1) is 29.0. The molecule has 3 heterocycles. The number of guanidine groups is 1. The van der Waals surface area contributed by atoms with Crippen LogP contribution in [0.2, 0.25) is 0 Å². The first-order valence-corrected chi connectivity index (χ1v) is 14.3. The highest BCUT2D eigenvalue weighted by Gasteiger charge is 2.31. The van der Waals surface area contributed by atoms with Crippen LogP contribution in [0.4, 0.5) is 16.2 Å². The van der Waals surface area contributed by atoms with Gasteiger partial charge in [-0.2, -0.15) is 0 Å². The molecule has 2 aromatic carbocycles. The van der Waals surface area contributed by atoms with E-state index in [1.807, 2.05) is 48.7 Å². The van der Waals surface area contributed by atoms with Crippen LogP contribution in [-0.2, 0) is 6.54 Å². The summed E-state index contributed by atoms with van der Waals surface area (Å²) in [6.07, 6.45) is 4.41. The van der Waals surface area contributed by atoms with E-state index in [1.165, 1.54) is 0 Å². The van der Waals surface area contributed by atoms with Gasteiger partial charge in [0.1, 0.15) is 6.17 Å². The minimum atomic E-state index is -0.345. The second-order valence-electron chi connectivity index (χ2n) is 10.8. The van der Waals surface area contributed by atoms with E-state index in [0.717, 1.165) is 72.9 Å². The molecule has 3 amide bonds. The summed E-state index contributed by atoms with van der Waals surface area (Å²) >= 11 is 0. The van der Waals surface area contributed by atoms with E-state index >= 15 is 0 Å². The number of piperazine rings is 1. The molecule has 12 nitrogen and oxygen atoms in total. The summed E-state index contributed by atoms with van der Waals surface area (Å²) in [5.74, 6) is 0.0620. The zero-order valence-electron chi connectivity index (χ0n) is 24.2. The van der Waals surface area contributed by atoms with Crippen molar-refractivity contribution in [3.63, 3.8) is 0 Å². The Hall–Kier alpha value is -4.55. The van der Waals surface area contributed by atoms with E-state index in [2.05, 4.69) is 37.2 Å². The third-order valence-electron chi connectivity index (χ3n) is 7.42. The fourth-order valence-corrected chi connectivity index (χ4v) is 5.19. The molecular weight excluding hydrogens is 532 g/mol. The first-order chi connectivity index (χ1) is 20.3. The number of nitrogens with two attached hydrogens (primary N) is 2. The molecule has 1 saturated heterocycles. The molecule has 3 aliphatic heterocycles. The molecule has 0 aliphatic carbocycles. The number of nitrogens with one attached hydrogen (secondary N) is 4. The molecule has 2 aromatic rings. The van der Waals surface area contributed by atoms with Crippen LogP contribution in [0.5, 0.6) is 0 Å². The van der Waals surface area contributed by atoms with Gasteiger partial charge in [-0.25, -0.2) is 4.79 Å². The van der Waals surface area contributed by atoms with Gasteiger partial charge in [0.2, 0.25) is 0 Å². The predicted octanol–water partition coefficient (Wildman–Crippen LogP) is 0.935. The van der Waals surface area contributed by atoms with Crippen LogP contribution in [0.1, 0.15) is 27.9 Å². The van der Waals surface area contributed by atoms with E-state index in [9.17, 15) is 9.59 Å². The number of aliphatic imine (C=N–C) groups is 1. The molecule has 1 fully saturated rings. The highest BCUT2D eigenvalue weighted by molar-refractivity contribution is 5.98. The van der Waals surface area contributed by atoms with Gasteiger partial charge in [-0.3, -0.25) is 14.7 Å². The lowest BCUT2D eigenvalue weighted by Gasteiger charge is -2.30. The number of amides is 3. The van der Waals surface area contributed by atoms with Gasteiger partial charge >= 0.3 is 6.03 Å². The van der Waals surface area contributed by atoms with Gasteiger partial charge in [0.25, 0.3) is 5.91 Å². The van der Waals surface area contributed by atoms with Crippen molar-refractivity contribution in [3.8, 4) is 0 Å². The van der Waals surface area contributed by atoms with Crippen molar-refractivity contribution < 1.29 is 9.59 Å². The van der Waals surface area contributed by atoms with E-state index in [0.29, 0.717) is 18.7 Å². The van der Waals surface area contributed by atoms with Gasteiger partial charge < -0.3 is 42.5 Å². The number of carbonyl (C=O) groups excluding carboxylic acids is 2. The highest BCUT2D eigenvalue weighted by atomic mass is 16.2. The van der Waals surface area contributed by atoms with Crippen LogP contribution in [0, 0.1) is 0 Å². The molecule has 1 unspecified atom stereocenters. The van der Waals surface area contributed by atoms with Gasteiger partial charge in [0.05, 0.1) is 5.69 Å². The van der Waals surface area contributed by atoms with Gasteiger partial charge in [0.15, 0.2) is 5.96 Å². The summed E-state index contributed by atoms with van der Waals surface area (Å²) < 4.78 is 0. The van der Waals surface area contributed by atoms with Gasteiger partial charge in [-0.1, -0.05) is 12.1 Å². The maximum Gasteiger partial charge on any atom is 0.327 e. The number of carbonyl (C=O) groups is 2. The standard InChI is InChI=1S/C30H40N10O2/c1-38(2)28(41)22-14-21(15-25(16-22)39-12-10-33-11-13-39)26-17-23-19-40(30(42)37-27(23)36-26)24-6-4-20(5-7-24)18-34-8-3-9-35-29(31)32/h4-7,14-17,19,27,33-34,36H,3,8-13,18H2,1-2H3,(H,37,42)(H4,31,32,35). The lowest BCUT2D eigenvalue weighted by Crippen LogP contribution is -2.51. The third-order valence-corrected chi connectivity index (χ3v) is 7.42. The number of benzene rings is 2. The monoisotopic (exact) mass is 572 g/mol. The Morgan fingerprint density at radius 3 is 2.55 bits per heavy atom. The van der Waals surface area contributed by atoms with Crippen LogP contribution >= 0.6 is 0 Å². The molecule has 222 valence electrons. The zero-order chi connectivity index (χ0) is 29.6. The largest absolute Gasteiger partial charge is 0.370 e. The zero-order valence-corrected chi connectivity index (χ0v) is 24.2. The average Bonchev–Trinajstić information content (AvgIpc) is 3.41. The van der Waals surface area contributed by atoms with Crippen LogP contribution in [0.25, 0.3) is 5.70 Å². The summed E-state index contributed by atoms with van der Waals surface area (Å²) in [6.45, 7) is 5.64. The number of fused-ring (bicyclic) bond motifs is 1. The molecule has 0 aromatic heterocycles. The maximum absolute atomic E-state index is 13.1. The van der Waals surface area contributed by atoms with Crippen molar-refractivity contribution in [3.05, 3.63) is 77.0 Å². The second kappa shape index (κ2) is 13.0. The minimum absolute atomic E-state index is 0.0486. The maximum atomic E-state index is 13.1. The average molecular weight is 573 g/mol. The lowest BCUT2D eigenvalue weighted by molar-refractivity contribution is 0.0827. The topological polar surface area (TPSA) is 156 Å². The van der Waals surface area contributed by atoms with Crippen molar-refractivity contribution in [1.82, 2.24) is 26.2 Å². The van der Waals surface area contributed by atoms with Crippen molar-refractivity contribution in [1.29, 1.82) is 0 Å².